The summed E-state index contributed by atoms with van der Waals surface area (Å²) in [6.45, 7) is 4.85. The van der Waals surface area contributed by atoms with E-state index in [1.807, 2.05) is 18.2 Å². The number of halogens is 5. The van der Waals surface area contributed by atoms with E-state index in [4.69, 9.17) is 11.6 Å². The molecule has 1 saturated heterocycles. The molecule has 15 heteroatoms. The predicted molar refractivity (Wildman–Crippen MR) is 166 cm³/mol. The molecular formula is C30H29ClF4N6O3S. The lowest BCUT2D eigenvalue weighted by Crippen LogP contribution is -2.47. The quantitative estimate of drug-likeness (QED) is 0.236. The number of anilines is 3. The van der Waals surface area contributed by atoms with Crippen LogP contribution in [0.25, 0.3) is 10.9 Å². The molecule has 0 spiro atoms. The van der Waals surface area contributed by atoms with Crippen LogP contribution < -0.4 is 19.8 Å². The zero-order chi connectivity index (χ0) is 32.7. The van der Waals surface area contributed by atoms with Gasteiger partial charge in [-0.05, 0) is 67.9 Å². The Balaban J connectivity index is 1.42. The average Bonchev–Trinajstić information content (AvgIpc) is 2.96. The summed E-state index contributed by atoms with van der Waals surface area (Å²) in [4.78, 5) is 24.7. The smallest absolute Gasteiger partial charge is 0.368 e. The number of sulfonamides is 1. The van der Waals surface area contributed by atoms with Crippen molar-refractivity contribution >= 4 is 55.6 Å². The first kappa shape index (κ1) is 32.2. The van der Waals surface area contributed by atoms with Crippen LogP contribution in [0.3, 0.4) is 0 Å². The van der Waals surface area contributed by atoms with Crippen LogP contribution in [0.2, 0.25) is 5.02 Å². The number of aryl methyl sites for hydroxylation is 1. The molecule has 0 aliphatic carbocycles. The van der Waals surface area contributed by atoms with Crippen LogP contribution >= 0.6 is 11.6 Å². The van der Waals surface area contributed by atoms with Crippen molar-refractivity contribution in [3.05, 3.63) is 88.0 Å². The van der Waals surface area contributed by atoms with Crippen LogP contribution in [-0.4, -0.2) is 56.7 Å². The maximum Gasteiger partial charge on any atom is 0.451 e. The first-order chi connectivity index (χ1) is 21.1. The number of carbonyl (C=O) groups is 1. The molecule has 1 aromatic heterocycles. The normalized spacial score (nSPS) is 14.8. The fourth-order valence-corrected chi connectivity index (χ4v) is 5.98. The molecule has 1 atom stereocenters. The van der Waals surface area contributed by atoms with Gasteiger partial charge in [-0.1, -0.05) is 17.7 Å². The first-order valence-corrected chi connectivity index (χ1v) is 16.1. The van der Waals surface area contributed by atoms with Crippen molar-refractivity contribution in [1.29, 1.82) is 0 Å². The van der Waals surface area contributed by atoms with Crippen molar-refractivity contribution in [1.82, 2.24) is 15.3 Å². The highest BCUT2D eigenvalue weighted by atomic mass is 35.5. The van der Waals surface area contributed by atoms with Gasteiger partial charge in [0.1, 0.15) is 11.6 Å². The molecule has 5 rings (SSSR count). The fourth-order valence-electron chi connectivity index (χ4n) is 5.17. The van der Waals surface area contributed by atoms with Crippen LogP contribution in [-0.2, 0) is 16.2 Å². The van der Waals surface area contributed by atoms with E-state index in [-0.39, 0.29) is 33.5 Å². The Morgan fingerprint density at radius 2 is 1.69 bits per heavy atom. The standard InChI is InChI=1S/C30H29ClF4N6O3S/c1-17-13-22(24(32)16-26(17)39-45(3,43)44)18(2)36-28(42)19-7-8-25-23(14-19)27(38-29(37-25)30(33,34)35)41-11-9-40(10-12-41)21-6-4-5-20(31)15-21/h4-8,13-16,18,39H,9-12H2,1-3H3,(H,36,42)/t18-/m1/s1. The van der Waals surface area contributed by atoms with Crippen LogP contribution in [0.5, 0.6) is 0 Å². The predicted octanol–water partition coefficient (Wildman–Crippen LogP) is 5.94. The summed E-state index contributed by atoms with van der Waals surface area (Å²) >= 11 is 6.13. The van der Waals surface area contributed by atoms with Gasteiger partial charge in [0.15, 0.2) is 0 Å². The minimum absolute atomic E-state index is 0.0184. The Kier molecular flexibility index (Phi) is 8.82. The minimum atomic E-state index is -4.79. The number of benzene rings is 3. The number of carbonyl (C=O) groups excluding carboxylic acids is 1. The van der Waals surface area contributed by atoms with Gasteiger partial charge in [-0.15, -0.1) is 0 Å². The van der Waals surface area contributed by atoms with Crippen molar-refractivity contribution < 1.29 is 30.8 Å². The van der Waals surface area contributed by atoms with Crippen molar-refractivity contribution in [2.24, 2.45) is 0 Å². The second-order valence-corrected chi connectivity index (χ2v) is 13.0. The molecule has 0 bridgehead atoms. The molecule has 0 radical (unpaired) electrons. The number of piperazine rings is 1. The monoisotopic (exact) mass is 664 g/mol. The van der Waals surface area contributed by atoms with Crippen molar-refractivity contribution in [3.63, 3.8) is 0 Å². The zero-order valence-electron chi connectivity index (χ0n) is 24.4. The number of amides is 1. The molecule has 1 aliphatic rings. The number of hydrogen-bond donors (Lipinski definition) is 2. The maximum atomic E-state index is 15.0. The Labute approximate surface area is 262 Å². The molecule has 238 valence electrons. The van der Waals surface area contributed by atoms with Gasteiger partial charge in [-0.2, -0.15) is 13.2 Å². The highest BCUT2D eigenvalue weighted by Gasteiger charge is 2.36. The molecule has 9 nitrogen and oxygen atoms in total. The summed E-state index contributed by atoms with van der Waals surface area (Å²) in [5.74, 6) is -2.56. The summed E-state index contributed by atoms with van der Waals surface area (Å²) in [6.07, 6.45) is -3.84. The van der Waals surface area contributed by atoms with Crippen LogP contribution in [0.15, 0.2) is 54.6 Å². The van der Waals surface area contributed by atoms with E-state index in [1.54, 1.807) is 24.8 Å². The molecule has 1 aliphatic heterocycles. The third kappa shape index (κ3) is 7.39. The molecule has 3 aromatic carbocycles. The lowest BCUT2D eigenvalue weighted by Gasteiger charge is -2.37. The number of nitrogens with one attached hydrogen (secondary N) is 2. The second kappa shape index (κ2) is 12.3. The topological polar surface area (TPSA) is 108 Å². The molecule has 0 unspecified atom stereocenters. The highest BCUT2D eigenvalue weighted by molar-refractivity contribution is 7.92. The minimum Gasteiger partial charge on any atom is -0.368 e. The zero-order valence-corrected chi connectivity index (χ0v) is 26.0. The van der Waals surface area contributed by atoms with Gasteiger partial charge in [0, 0.05) is 53.4 Å². The summed E-state index contributed by atoms with van der Waals surface area (Å²) < 4.78 is 81.7. The van der Waals surface area contributed by atoms with Gasteiger partial charge < -0.3 is 15.1 Å². The molecule has 4 aromatic rings. The van der Waals surface area contributed by atoms with Gasteiger partial charge in [0.05, 0.1) is 23.5 Å². The lowest BCUT2D eigenvalue weighted by molar-refractivity contribution is -0.144. The van der Waals surface area contributed by atoms with E-state index < -0.39 is 39.8 Å². The number of alkyl halides is 3. The van der Waals surface area contributed by atoms with Crippen molar-refractivity contribution in [3.8, 4) is 0 Å². The van der Waals surface area contributed by atoms with Gasteiger partial charge >= 0.3 is 6.18 Å². The second-order valence-electron chi connectivity index (χ2n) is 10.8. The number of rotatable bonds is 7. The maximum absolute atomic E-state index is 15.0. The van der Waals surface area contributed by atoms with Crippen LogP contribution in [0.1, 0.15) is 40.3 Å². The van der Waals surface area contributed by atoms with E-state index in [1.165, 1.54) is 24.3 Å². The van der Waals surface area contributed by atoms with Gasteiger partial charge in [0.2, 0.25) is 15.8 Å². The largest absolute Gasteiger partial charge is 0.451 e. The third-order valence-corrected chi connectivity index (χ3v) is 8.22. The van der Waals surface area contributed by atoms with E-state index in [9.17, 15) is 30.8 Å². The number of aromatic nitrogens is 2. The molecule has 2 N–H and O–H groups in total. The van der Waals surface area contributed by atoms with Crippen molar-refractivity contribution in [2.75, 3.05) is 47.0 Å². The van der Waals surface area contributed by atoms with Gasteiger partial charge in [0.25, 0.3) is 5.91 Å². The Bertz CT molecular complexity index is 1880. The van der Waals surface area contributed by atoms with Crippen molar-refractivity contribution in [2.45, 2.75) is 26.1 Å². The lowest BCUT2D eigenvalue weighted by atomic mass is 10.0. The van der Waals surface area contributed by atoms with Gasteiger partial charge in [-0.25, -0.2) is 22.8 Å². The Hall–Kier alpha value is -4.17. The summed E-state index contributed by atoms with van der Waals surface area (Å²) in [5.41, 5.74) is 1.67. The summed E-state index contributed by atoms with van der Waals surface area (Å²) in [6, 6.07) is 13.1. The molecular weight excluding hydrogens is 636 g/mol. The molecule has 1 amide bonds. The fraction of sp³-hybridized carbons (Fsp3) is 0.300. The molecule has 2 heterocycles. The van der Waals surface area contributed by atoms with E-state index in [0.717, 1.165) is 18.0 Å². The highest BCUT2D eigenvalue weighted by Crippen LogP contribution is 2.33. The molecule has 1 fully saturated rings. The summed E-state index contributed by atoms with van der Waals surface area (Å²) in [5, 5.41) is 3.54. The number of hydrogen-bond acceptors (Lipinski definition) is 7. The van der Waals surface area contributed by atoms with E-state index >= 15 is 0 Å². The van der Waals surface area contributed by atoms with Crippen LogP contribution in [0, 0.1) is 12.7 Å². The molecule has 0 saturated carbocycles. The average molecular weight is 665 g/mol. The number of fused-ring (bicyclic) bond motifs is 1. The Morgan fingerprint density at radius 1 is 1.00 bits per heavy atom. The first-order valence-electron chi connectivity index (χ1n) is 13.8. The summed E-state index contributed by atoms with van der Waals surface area (Å²) in [7, 11) is -3.63. The SMILES string of the molecule is Cc1cc([C@@H](C)NC(=O)c2ccc3nc(C(F)(F)F)nc(N4CCN(c5cccc(Cl)c5)CC4)c3c2)c(F)cc1NS(C)(=O)=O. The van der Waals surface area contributed by atoms with E-state index in [0.29, 0.717) is 36.8 Å². The van der Waals surface area contributed by atoms with Crippen LogP contribution in [0.4, 0.5) is 34.8 Å². The third-order valence-electron chi connectivity index (χ3n) is 7.40. The number of nitrogens with zero attached hydrogens (tertiary/aromatic N) is 4. The molecule has 45 heavy (non-hydrogen) atoms. The Morgan fingerprint density at radius 3 is 2.33 bits per heavy atom. The van der Waals surface area contributed by atoms with E-state index in [2.05, 4.69) is 24.9 Å². The van der Waals surface area contributed by atoms with Gasteiger partial charge in [-0.3, -0.25) is 9.52 Å².